The molecule has 0 aromatic rings. The summed E-state index contributed by atoms with van der Waals surface area (Å²) in [5.74, 6) is 0.590. The maximum atomic E-state index is 11.5. The Labute approximate surface area is 108 Å². The van der Waals surface area contributed by atoms with Crippen LogP contribution in [0.1, 0.15) is 32.6 Å². The average molecular weight is 312 g/mol. The van der Waals surface area contributed by atoms with Gasteiger partial charge in [-0.2, -0.15) is 0 Å². The van der Waals surface area contributed by atoms with Crippen LogP contribution in [0, 0.1) is 0 Å². The van der Waals surface area contributed by atoms with Crippen molar-refractivity contribution in [3.8, 4) is 0 Å². The third kappa shape index (κ3) is 4.72. The van der Waals surface area contributed by atoms with E-state index in [2.05, 4.69) is 20.8 Å². The predicted molar refractivity (Wildman–Crippen MR) is 72.0 cm³/mol. The van der Waals surface area contributed by atoms with Gasteiger partial charge in [0, 0.05) is 23.7 Å². The third-order valence-electron chi connectivity index (χ3n) is 3.30. The Morgan fingerprint density at radius 3 is 2.44 bits per heavy atom. The second kappa shape index (κ2) is 6.97. The van der Waals surface area contributed by atoms with Gasteiger partial charge in [-0.1, -0.05) is 29.3 Å². The molecule has 1 rings (SSSR count). The highest BCUT2D eigenvalue weighted by molar-refractivity contribution is 9.09. The fourth-order valence-corrected chi connectivity index (χ4v) is 2.94. The lowest BCUT2D eigenvalue weighted by molar-refractivity contribution is 0.135. The third-order valence-corrected chi connectivity index (χ3v) is 5.54. The molecule has 96 valence electrons. The van der Waals surface area contributed by atoms with Crippen LogP contribution in [0.4, 0.5) is 0 Å². The van der Waals surface area contributed by atoms with E-state index in [0.717, 1.165) is 18.3 Å². The number of hydrogen-bond acceptors (Lipinski definition) is 3. The molecule has 0 amide bonds. The van der Waals surface area contributed by atoms with Gasteiger partial charge in [0.05, 0.1) is 5.75 Å². The van der Waals surface area contributed by atoms with E-state index in [1.54, 1.807) is 6.92 Å². The van der Waals surface area contributed by atoms with Gasteiger partial charge < -0.3 is 0 Å². The normalized spacial score (nSPS) is 17.7. The molecule has 0 radical (unpaired) electrons. The molecule has 1 saturated carbocycles. The summed E-state index contributed by atoms with van der Waals surface area (Å²) in [7, 11) is -2.81. The van der Waals surface area contributed by atoms with Gasteiger partial charge >= 0.3 is 0 Å². The van der Waals surface area contributed by atoms with Gasteiger partial charge in [0.15, 0.2) is 9.84 Å². The first kappa shape index (κ1) is 14.5. The summed E-state index contributed by atoms with van der Waals surface area (Å²) in [5.41, 5.74) is 0. The summed E-state index contributed by atoms with van der Waals surface area (Å²) >= 11 is 3.43. The molecule has 0 spiro atoms. The van der Waals surface area contributed by atoms with E-state index in [1.807, 2.05) is 0 Å². The second-order valence-electron chi connectivity index (χ2n) is 4.40. The van der Waals surface area contributed by atoms with Crippen LogP contribution in [0.3, 0.4) is 0 Å². The van der Waals surface area contributed by atoms with Crippen LogP contribution in [0.5, 0.6) is 0 Å². The molecule has 0 heterocycles. The van der Waals surface area contributed by atoms with E-state index in [-0.39, 0.29) is 5.75 Å². The van der Waals surface area contributed by atoms with E-state index in [1.165, 1.54) is 19.3 Å². The van der Waals surface area contributed by atoms with Gasteiger partial charge in [0.1, 0.15) is 0 Å². The predicted octanol–water partition coefficient (Wildman–Crippen LogP) is 2.06. The molecule has 5 heteroatoms. The van der Waals surface area contributed by atoms with Crippen molar-refractivity contribution < 1.29 is 8.42 Å². The number of halogens is 1. The fraction of sp³-hybridized carbons (Fsp3) is 1.00. The van der Waals surface area contributed by atoms with Gasteiger partial charge in [-0.3, -0.25) is 4.90 Å². The van der Waals surface area contributed by atoms with Crippen molar-refractivity contribution in [1.29, 1.82) is 0 Å². The van der Waals surface area contributed by atoms with Crippen LogP contribution in [-0.4, -0.2) is 49.3 Å². The quantitative estimate of drug-likeness (QED) is 0.644. The lowest BCUT2D eigenvalue weighted by Crippen LogP contribution is -2.43. The molecule has 1 fully saturated rings. The zero-order chi connectivity index (χ0) is 12.0. The standard InChI is InChI=1S/C11H22BrNO2S/c1-2-16(14,15)10-9-13(8-4-7-12)11-5-3-6-11/h11H,2-10H2,1H3. The largest absolute Gasteiger partial charge is 0.299 e. The Balaban J connectivity index is 2.37. The first-order chi connectivity index (χ1) is 7.59. The number of rotatable bonds is 8. The summed E-state index contributed by atoms with van der Waals surface area (Å²) in [6, 6.07) is 0.645. The monoisotopic (exact) mass is 311 g/mol. The van der Waals surface area contributed by atoms with Gasteiger partial charge in [0.2, 0.25) is 0 Å². The second-order valence-corrected chi connectivity index (χ2v) is 7.67. The van der Waals surface area contributed by atoms with Gasteiger partial charge in [-0.25, -0.2) is 8.42 Å². The molecule has 0 atom stereocenters. The molecule has 0 aliphatic heterocycles. The molecule has 16 heavy (non-hydrogen) atoms. The minimum absolute atomic E-state index is 0.268. The SMILES string of the molecule is CCS(=O)(=O)CCN(CCCBr)C1CCC1. The first-order valence-electron chi connectivity index (χ1n) is 6.09. The van der Waals surface area contributed by atoms with Gasteiger partial charge in [0.25, 0.3) is 0 Å². The molecule has 0 saturated heterocycles. The summed E-state index contributed by atoms with van der Waals surface area (Å²) < 4.78 is 22.9. The molecule has 0 aromatic carbocycles. The molecule has 1 aliphatic carbocycles. The number of alkyl halides is 1. The first-order valence-corrected chi connectivity index (χ1v) is 9.04. The van der Waals surface area contributed by atoms with E-state index >= 15 is 0 Å². The molecule has 0 aromatic heterocycles. The van der Waals surface area contributed by atoms with E-state index in [4.69, 9.17) is 0 Å². The summed E-state index contributed by atoms with van der Waals surface area (Å²) in [5, 5.41) is 0.997. The van der Waals surface area contributed by atoms with Crippen molar-refractivity contribution in [2.45, 2.75) is 38.6 Å². The highest BCUT2D eigenvalue weighted by atomic mass is 79.9. The van der Waals surface area contributed by atoms with Crippen LogP contribution >= 0.6 is 15.9 Å². The lowest BCUT2D eigenvalue weighted by Gasteiger charge is -2.37. The fourth-order valence-electron chi connectivity index (χ4n) is 1.89. The van der Waals surface area contributed by atoms with Crippen LogP contribution in [0.2, 0.25) is 0 Å². The number of hydrogen-bond donors (Lipinski definition) is 0. The highest BCUT2D eigenvalue weighted by Crippen LogP contribution is 2.24. The molecule has 0 unspecified atom stereocenters. The Bertz CT molecular complexity index is 288. The summed E-state index contributed by atoms with van der Waals surface area (Å²) in [6.45, 7) is 3.46. The maximum Gasteiger partial charge on any atom is 0.151 e. The molecule has 0 bridgehead atoms. The molecule has 1 aliphatic rings. The van der Waals surface area contributed by atoms with Gasteiger partial charge in [-0.05, 0) is 25.8 Å². The van der Waals surface area contributed by atoms with E-state index < -0.39 is 9.84 Å². The van der Waals surface area contributed by atoms with Crippen molar-refractivity contribution in [3.63, 3.8) is 0 Å². The minimum Gasteiger partial charge on any atom is -0.299 e. The zero-order valence-electron chi connectivity index (χ0n) is 9.99. The van der Waals surface area contributed by atoms with E-state index in [0.29, 0.717) is 18.3 Å². The van der Waals surface area contributed by atoms with E-state index in [9.17, 15) is 8.42 Å². The van der Waals surface area contributed by atoms with Crippen LogP contribution in [-0.2, 0) is 9.84 Å². The van der Waals surface area contributed by atoms with Crippen LogP contribution in [0.15, 0.2) is 0 Å². The smallest absolute Gasteiger partial charge is 0.151 e. The molecule has 3 nitrogen and oxygen atoms in total. The summed E-state index contributed by atoms with van der Waals surface area (Å²) in [6.07, 6.45) is 4.89. The zero-order valence-corrected chi connectivity index (χ0v) is 12.4. The Morgan fingerprint density at radius 1 is 1.31 bits per heavy atom. The topological polar surface area (TPSA) is 37.4 Å². The average Bonchev–Trinajstić information content (AvgIpc) is 2.19. The highest BCUT2D eigenvalue weighted by Gasteiger charge is 2.25. The molecular formula is C11H22BrNO2S. The van der Waals surface area contributed by atoms with Crippen LogP contribution in [0.25, 0.3) is 0 Å². The van der Waals surface area contributed by atoms with Gasteiger partial charge in [-0.15, -0.1) is 0 Å². The summed E-state index contributed by atoms with van der Waals surface area (Å²) in [4.78, 5) is 2.36. The molecule has 0 N–H and O–H groups in total. The van der Waals surface area contributed by atoms with Crippen molar-refractivity contribution in [3.05, 3.63) is 0 Å². The Morgan fingerprint density at radius 2 is 2.00 bits per heavy atom. The van der Waals surface area contributed by atoms with Crippen molar-refractivity contribution in [2.24, 2.45) is 0 Å². The number of nitrogens with zero attached hydrogens (tertiary/aromatic N) is 1. The Hall–Kier alpha value is 0.390. The number of sulfone groups is 1. The van der Waals surface area contributed by atoms with Crippen molar-refractivity contribution in [1.82, 2.24) is 4.90 Å². The van der Waals surface area contributed by atoms with Crippen molar-refractivity contribution in [2.75, 3.05) is 29.9 Å². The Kier molecular flexibility index (Phi) is 6.29. The lowest BCUT2D eigenvalue weighted by atomic mass is 9.91. The maximum absolute atomic E-state index is 11.5. The van der Waals surface area contributed by atoms with Crippen LogP contribution < -0.4 is 0 Å². The minimum atomic E-state index is -2.81. The molecular weight excluding hydrogens is 290 g/mol. The van der Waals surface area contributed by atoms with Crippen molar-refractivity contribution >= 4 is 25.8 Å².